The van der Waals surface area contributed by atoms with E-state index in [9.17, 15) is 0 Å². The van der Waals surface area contributed by atoms with Crippen molar-refractivity contribution in [1.29, 1.82) is 0 Å². The third-order valence-corrected chi connectivity index (χ3v) is 9.23. The topological polar surface area (TPSA) is 17.8 Å². The molecule has 0 spiro atoms. The lowest BCUT2D eigenvalue weighted by atomic mass is 9.74. The first-order valence-electron chi connectivity index (χ1n) is 12.7. The van der Waals surface area contributed by atoms with Crippen LogP contribution in [0.3, 0.4) is 0 Å². The fourth-order valence-corrected chi connectivity index (χ4v) is 7.42. The summed E-state index contributed by atoms with van der Waals surface area (Å²) in [6.45, 7) is 4.68. The Kier molecular flexibility index (Phi) is 4.19. The van der Waals surface area contributed by atoms with Crippen LogP contribution < -0.4 is 0 Å². The molecule has 0 saturated heterocycles. The second-order valence-electron chi connectivity index (χ2n) is 10.4. The molecule has 2 nitrogen and oxygen atoms in total. The average molecular weight is 493 g/mol. The summed E-state index contributed by atoms with van der Waals surface area (Å²) in [5.41, 5.74) is 9.68. The van der Waals surface area contributed by atoms with E-state index in [-0.39, 0.29) is 5.41 Å². The molecular formula is C34H24N2S. The van der Waals surface area contributed by atoms with Gasteiger partial charge in [0.25, 0.3) is 0 Å². The Morgan fingerprint density at radius 2 is 1.46 bits per heavy atom. The minimum Gasteiger partial charge on any atom is -0.292 e. The molecule has 0 N–H and O–H groups in total. The van der Waals surface area contributed by atoms with Crippen LogP contribution in [-0.4, -0.2) is 9.55 Å². The number of imidazole rings is 1. The van der Waals surface area contributed by atoms with E-state index in [1.807, 2.05) is 11.3 Å². The highest BCUT2D eigenvalue weighted by Crippen LogP contribution is 2.48. The SMILES string of the molecule is CC1(C)c2ccc(-c3cccc4c3sc3ccccc34)cc2-n2c(-c3ccccc3)nc3cccc1c32. The number of benzene rings is 5. The van der Waals surface area contributed by atoms with E-state index >= 15 is 0 Å². The van der Waals surface area contributed by atoms with Crippen LogP contribution in [0.5, 0.6) is 0 Å². The maximum atomic E-state index is 5.17. The Morgan fingerprint density at radius 3 is 2.35 bits per heavy atom. The summed E-state index contributed by atoms with van der Waals surface area (Å²) in [5, 5.41) is 2.66. The Morgan fingerprint density at radius 1 is 0.676 bits per heavy atom. The Bertz CT molecular complexity index is 2010. The third kappa shape index (κ3) is 2.83. The standard InChI is InChI=1S/C34H24N2S/c1-34(2)26-19-18-22(23-13-8-14-25-24-12-6-7-17-30(24)37-32(23)25)20-29(26)36-31-27(34)15-9-16-28(31)35-33(36)21-10-4-3-5-11-21/h3-20H,1-2H3. The predicted molar refractivity (Wildman–Crippen MR) is 157 cm³/mol. The van der Waals surface area contributed by atoms with Crippen LogP contribution in [0.4, 0.5) is 0 Å². The van der Waals surface area contributed by atoms with Gasteiger partial charge in [0.15, 0.2) is 0 Å². The fourth-order valence-electron chi connectivity index (χ4n) is 6.18. The van der Waals surface area contributed by atoms with Gasteiger partial charge in [-0.1, -0.05) is 105 Å². The molecule has 3 heterocycles. The molecular weight excluding hydrogens is 468 g/mol. The van der Waals surface area contributed by atoms with Crippen molar-refractivity contribution in [3.8, 4) is 28.2 Å². The van der Waals surface area contributed by atoms with E-state index in [4.69, 9.17) is 4.98 Å². The lowest BCUT2D eigenvalue weighted by molar-refractivity contribution is 0.629. The van der Waals surface area contributed by atoms with Gasteiger partial charge in [0, 0.05) is 31.2 Å². The zero-order chi connectivity index (χ0) is 24.7. The maximum absolute atomic E-state index is 5.17. The van der Waals surface area contributed by atoms with Crippen LogP contribution in [0, 0.1) is 0 Å². The maximum Gasteiger partial charge on any atom is 0.145 e. The number of fused-ring (bicyclic) bond motifs is 5. The molecule has 1 aliphatic heterocycles. The number of hydrogen-bond acceptors (Lipinski definition) is 2. The van der Waals surface area contributed by atoms with Gasteiger partial charge in [0.05, 0.1) is 16.7 Å². The number of para-hydroxylation sites is 1. The smallest absolute Gasteiger partial charge is 0.145 e. The van der Waals surface area contributed by atoms with E-state index in [1.54, 1.807) is 0 Å². The Labute approximate surface area is 219 Å². The molecule has 176 valence electrons. The largest absolute Gasteiger partial charge is 0.292 e. The molecule has 0 aliphatic carbocycles. The minimum absolute atomic E-state index is 0.124. The summed E-state index contributed by atoms with van der Waals surface area (Å²) in [7, 11) is 0. The normalized spacial score (nSPS) is 13.9. The number of thiophene rings is 1. The molecule has 0 bridgehead atoms. The Balaban J connectivity index is 1.45. The lowest BCUT2D eigenvalue weighted by Gasteiger charge is -2.35. The fraction of sp³-hybridized carbons (Fsp3) is 0.0882. The predicted octanol–water partition coefficient (Wildman–Crippen LogP) is 9.37. The van der Waals surface area contributed by atoms with Crippen LogP contribution in [0.1, 0.15) is 25.0 Å². The summed E-state index contributed by atoms with van der Waals surface area (Å²) in [5.74, 6) is 0.997. The van der Waals surface area contributed by atoms with Gasteiger partial charge in [-0.15, -0.1) is 11.3 Å². The van der Waals surface area contributed by atoms with E-state index in [0.29, 0.717) is 0 Å². The van der Waals surface area contributed by atoms with Gasteiger partial charge < -0.3 is 0 Å². The van der Waals surface area contributed by atoms with E-state index in [2.05, 4.69) is 128 Å². The number of aromatic nitrogens is 2. The number of nitrogens with zero attached hydrogens (tertiary/aromatic N) is 2. The van der Waals surface area contributed by atoms with Crippen LogP contribution in [0.25, 0.3) is 59.4 Å². The van der Waals surface area contributed by atoms with Crippen molar-refractivity contribution < 1.29 is 0 Å². The summed E-state index contributed by atoms with van der Waals surface area (Å²) in [6, 6.07) is 39.6. The first-order valence-corrected chi connectivity index (χ1v) is 13.6. The van der Waals surface area contributed by atoms with Crippen molar-refractivity contribution >= 4 is 42.5 Å². The minimum atomic E-state index is -0.124. The van der Waals surface area contributed by atoms with Gasteiger partial charge >= 0.3 is 0 Å². The first-order chi connectivity index (χ1) is 18.1. The molecule has 1 aliphatic rings. The van der Waals surface area contributed by atoms with Gasteiger partial charge in [0.1, 0.15) is 5.82 Å². The molecule has 0 atom stereocenters. The van der Waals surface area contributed by atoms with Gasteiger partial charge in [-0.25, -0.2) is 4.98 Å². The van der Waals surface area contributed by atoms with Crippen molar-refractivity contribution in [1.82, 2.24) is 9.55 Å². The van der Waals surface area contributed by atoms with E-state index < -0.39 is 0 Å². The highest BCUT2D eigenvalue weighted by molar-refractivity contribution is 7.26. The molecule has 7 aromatic rings. The van der Waals surface area contributed by atoms with Crippen LogP contribution >= 0.6 is 11.3 Å². The van der Waals surface area contributed by atoms with E-state index in [1.165, 1.54) is 53.6 Å². The van der Waals surface area contributed by atoms with Crippen molar-refractivity contribution in [2.75, 3.05) is 0 Å². The summed E-state index contributed by atoms with van der Waals surface area (Å²) in [4.78, 5) is 5.17. The van der Waals surface area contributed by atoms with Crippen molar-refractivity contribution in [3.05, 3.63) is 120 Å². The molecule has 0 unspecified atom stereocenters. The van der Waals surface area contributed by atoms with Crippen LogP contribution in [0.2, 0.25) is 0 Å². The highest BCUT2D eigenvalue weighted by Gasteiger charge is 2.35. The van der Waals surface area contributed by atoms with Crippen molar-refractivity contribution in [3.63, 3.8) is 0 Å². The Hall–Kier alpha value is -4.21. The molecule has 2 aromatic heterocycles. The van der Waals surface area contributed by atoms with Gasteiger partial charge in [0.2, 0.25) is 0 Å². The second kappa shape index (κ2) is 7.41. The quantitative estimate of drug-likeness (QED) is 0.235. The zero-order valence-corrected chi connectivity index (χ0v) is 21.5. The highest BCUT2D eigenvalue weighted by atomic mass is 32.1. The first kappa shape index (κ1) is 20.9. The molecule has 5 aromatic carbocycles. The van der Waals surface area contributed by atoms with Crippen molar-refractivity contribution in [2.24, 2.45) is 0 Å². The van der Waals surface area contributed by atoms with Crippen molar-refractivity contribution in [2.45, 2.75) is 19.3 Å². The van der Waals surface area contributed by atoms with Gasteiger partial charge in [-0.3, -0.25) is 4.57 Å². The molecule has 8 rings (SSSR count). The summed E-state index contributed by atoms with van der Waals surface area (Å²) < 4.78 is 5.08. The lowest BCUT2D eigenvalue weighted by Crippen LogP contribution is -2.26. The molecule has 3 heteroatoms. The number of rotatable bonds is 2. The van der Waals surface area contributed by atoms with Crippen LogP contribution in [0.15, 0.2) is 109 Å². The number of hydrogen-bond donors (Lipinski definition) is 0. The second-order valence-corrected chi connectivity index (χ2v) is 11.5. The molecule has 0 amide bonds. The van der Waals surface area contributed by atoms with Gasteiger partial charge in [-0.2, -0.15) is 0 Å². The average Bonchev–Trinajstić information content (AvgIpc) is 3.51. The molecule has 0 saturated carbocycles. The van der Waals surface area contributed by atoms with Crippen LogP contribution in [-0.2, 0) is 5.41 Å². The molecule has 0 radical (unpaired) electrons. The molecule has 37 heavy (non-hydrogen) atoms. The summed E-state index contributed by atoms with van der Waals surface area (Å²) >= 11 is 1.89. The third-order valence-electron chi connectivity index (χ3n) is 8.01. The summed E-state index contributed by atoms with van der Waals surface area (Å²) in [6.07, 6.45) is 0. The van der Waals surface area contributed by atoms with Gasteiger partial charge in [-0.05, 0) is 40.5 Å². The molecule has 0 fully saturated rings. The monoisotopic (exact) mass is 492 g/mol. The zero-order valence-electron chi connectivity index (χ0n) is 20.7. The van der Waals surface area contributed by atoms with E-state index in [0.717, 1.165) is 16.9 Å².